The third-order valence-electron chi connectivity index (χ3n) is 5.07. The van der Waals surface area contributed by atoms with Crippen molar-refractivity contribution < 1.29 is 4.43 Å². The molecule has 0 aliphatic heterocycles. The summed E-state index contributed by atoms with van der Waals surface area (Å²) in [5.41, 5.74) is 1.35. The van der Waals surface area contributed by atoms with E-state index in [0.29, 0.717) is 0 Å². The quantitative estimate of drug-likeness (QED) is 0.308. The summed E-state index contributed by atoms with van der Waals surface area (Å²) < 4.78 is 12.1. The molecule has 1 aromatic rings. The van der Waals surface area contributed by atoms with Gasteiger partial charge in [0.1, 0.15) is 0 Å². The molecule has 0 aliphatic rings. The summed E-state index contributed by atoms with van der Waals surface area (Å²) in [6.07, 6.45) is 10.2. The monoisotopic (exact) mass is 471 g/mol. The van der Waals surface area contributed by atoms with Crippen LogP contribution in [0.4, 0.5) is 0 Å². The molecule has 1 rings (SSSR count). The third kappa shape index (κ3) is 8.57. The molecule has 0 saturated heterocycles. The van der Waals surface area contributed by atoms with Crippen molar-refractivity contribution in [3.63, 3.8) is 0 Å². The topological polar surface area (TPSA) is 22.1 Å². The van der Waals surface area contributed by atoms with Gasteiger partial charge in [-0.1, -0.05) is 0 Å². The van der Waals surface area contributed by atoms with Crippen LogP contribution < -0.4 is 3.71 Å². The van der Waals surface area contributed by atoms with Crippen LogP contribution in [0.2, 0.25) is 33.0 Å². The van der Waals surface area contributed by atoms with E-state index in [1.54, 1.807) is 0 Å². The molecule has 1 heterocycles. The Labute approximate surface area is 162 Å². The van der Waals surface area contributed by atoms with Crippen molar-refractivity contribution in [2.45, 2.75) is 98.9 Å². The Kier molecular flexibility index (Phi) is 10.9. The van der Waals surface area contributed by atoms with E-state index in [1.807, 2.05) is 0 Å². The van der Waals surface area contributed by atoms with Crippen LogP contribution in [0.3, 0.4) is 0 Å². The van der Waals surface area contributed by atoms with E-state index in [-0.39, 0.29) is 0 Å². The SMILES string of the molecule is CCC[CH2][Sn]([CH2]CCC)([CH2]CCC)[c]1cc(CO[Si](C)(C)C)ccn1. The number of hydrogen-bond acceptors (Lipinski definition) is 2. The molecular formula is C21H41NOSiSn. The minimum atomic E-state index is -2.40. The van der Waals surface area contributed by atoms with E-state index in [4.69, 9.17) is 9.41 Å². The second-order valence-electron chi connectivity index (χ2n) is 8.54. The van der Waals surface area contributed by atoms with Gasteiger partial charge < -0.3 is 0 Å². The summed E-state index contributed by atoms with van der Waals surface area (Å²) in [6, 6.07) is 4.61. The third-order valence-corrected chi connectivity index (χ3v) is 21.2. The molecule has 25 heavy (non-hydrogen) atoms. The first-order chi connectivity index (χ1) is 11.9. The molecule has 0 aliphatic carbocycles. The van der Waals surface area contributed by atoms with Gasteiger partial charge in [-0.15, -0.1) is 0 Å². The molecule has 0 unspecified atom stereocenters. The molecule has 0 saturated carbocycles. The number of rotatable bonds is 13. The van der Waals surface area contributed by atoms with Gasteiger partial charge in [-0.25, -0.2) is 0 Å². The van der Waals surface area contributed by atoms with Crippen LogP contribution in [-0.2, 0) is 11.0 Å². The van der Waals surface area contributed by atoms with E-state index in [2.05, 4.69) is 58.7 Å². The van der Waals surface area contributed by atoms with Gasteiger partial charge in [-0.2, -0.15) is 0 Å². The standard InChI is InChI=1S/C9H14NOSi.3C4H9.Sn/c1-12(2,3)11-8-9-4-6-10-7-5-9;3*1-3-4-2;/h4-6H,8H2,1-3H3;3*1,3-4H2,2H3;. The summed E-state index contributed by atoms with van der Waals surface area (Å²) in [6.45, 7) is 14.6. The van der Waals surface area contributed by atoms with E-state index in [1.165, 1.54) is 61.1 Å². The van der Waals surface area contributed by atoms with Crippen LogP contribution in [0, 0.1) is 0 Å². The Morgan fingerprint density at radius 1 is 0.920 bits per heavy atom. The molecule has 0 N–H and O–H groups in total. The van der Waals surface area contributed by atoms with Crippen molar-refractivity contribution >= 4 is 30.4 Å². The number of nitrogens with zero attached hydrogens (tertiary/aromatic N) is 1. The molecule has 0 fully saturated rings. The van der Waals surface area contributed by atoms with Crippen molar-refractivity contribution in [2.24, 2.45) is 0 Å². The summed E-state index contributed by atoms with van der Waals surface area (Å²) >= 11 is -2.40. The average molecular weight is 470 g/mol. The second-order valence-corrected chi connectivity index (χ2v) is 26.1. The van der Waals surface area contributed by atoms with Gasteiger partial charge >= 0.3 is 163 Å². The van der Waals surface area contributed by atoms with Crippen molar-refractivity contribution in [1.82, 2.24) is 4.98 Å². The van der Waals surface area contributed by atoms with Crippen molar-refractivity contribution in [1.29, 1.82) is 0 Å². The molecule has 0 spiro atoms. The van der Waals surface area contributed by atoms with Gasteiger partial charge in [0.15, 0.2) is 0 Å². The van der Waals surface area contributed by atoms with Crippen molar-refractivity contribution in [3.05, 3.63) is 23.9 Å². The fraction of sp³-hybridized carbons (Fsp3) is 0.762. The van der Waals surface area contributed by atoms with Crippen LogP contribution in [0.15, 0.2) is 18.3 Å². The fourth-order valence-corrected chi connectivity index (χ4v) is 19.6. The Bertz CT molecular complexity index is 465. The number of pyridine rings is 1. The number of unbranched alkanes of at least 4 members (excludes halogenated alkanes) is 3. The van der Waals surface area contributed by atoms with Crippen LogP contribution in [0.5, 0.6) is 0 Å². The zero-order chi connectivity index (χ0) is 18.8. The van der Waals surface area contributed by atoms with Gasteiger partial charge in [0.05, 0.1) is 0 Å². The van der Waals surface area contributed by atoms with E-state index in [9.17, 15) is 0 Å². The van der Waals surface area contributed by atoms with Crippen LogP contribution >= 0.6 is 0 Å². The zero-order valence-corrected chi connectivity index (χ0v) is 21.5. The number of hydrogen-bond donors (Lipinski definition) is 0. The van der Waals surface area contributed by atoms with E-state index >= 15 is 0 Å². The average Bonchev–Trinajstić information content (AvgIpc) is 2.59. The predicted octanol–water partition coefficient (Wildman–Crippen LogP) is 6.49. The van der Waals surface area contributed by atoms with Gasteiger partial charge in [0.25, 0.3) is 0 Å². The molecule has 0 aromatic carbocycles. The summed E-state index contributed by atoms with van der Waals surface area (Å²) in [7, 11) is -1.47. The Balaban J connectivity index is 3.08. The molecule has 0 radical (unpaired) electrons. The predicted molar refractivity (Wildman–Crippen MR) is 117 cm³/mol. The summed E-state index contributed by atoms with van der Waals surface area (Å²) in [5, 5.41) is 0. The first-order valence-electron chi connectivity index (χ1n) is 10.5. The Morgan fingerprint density at radius 3 is 1.88 bits per heavy atom. The van der Waals surface area contributed by atoms with Crippen LogP contribution in [-0.4, -0.2) is 31.7 Å². The van der Waals surface area contributed by atoms with Crippen molar-refractivity contribution in [2.75, 3.05) is 0 Å². The van der Waals surface area contributed by atoms with Gasteiger partial charge in [-0.05, 0) is 0 Å². The molecule has 1 aromatic heterocycles. The summed E-state index contributed by atoms with van der Waals surface area (Å²) in [4.78, 5) is 4.96. The number of aromatic nitrogens is 1. The first kappa shape index (κ1) is 23.2. The van der Waals surface area contributed by atoms with Gasteiger partial charge in [0, 0.05) is 0 Å². The normalized spacial score (nSPS) is 12.6. The maximum atomic E-state index is 6.16. The Hall–Kier alpha value is 0.126. The van der Waals surface area contributed by atoms with Gasteiger partial charge in [0.2, 0.25) is 0 Å². The Morgan fingerprint density at radius 2 is 1.44 bits per heavy atom. The molecule has 0 bridgehead atoms. The second kappa shape index (κ2) is 11.8. The van der Waals surface area contributed by atoms with Crippen LogP contribution in [0.25, 0.3) is 0 Å². The maximum absolute atomic E-state index is 6.16. The molecule has 2 nitrogen and oxygen atoms in total. The minimum absolute atomic E-state index is 0.766. The molecule has 0 amide bonds. The van der Waals surface area contributed by atoms with Crippen molar-refractivity contribution in [3.8, 4) is 0 Å². The van der Waals surface area contributed by atoms with Crippen LogP contribution in [0.1, 0.15) is 64.9 Å². The molecule has 4 heteroatoms. The zero-order valence-electron chi connectivity index (χ0n) is 17.7. The molecular weight excluding hydrogens is 429 g/mol. The van der Waals surface area contributed by atoms with Gasteiger partial charge in [-0.3, -0.25) is 0 Å². The summed E-state index contributed by atoms with van der Waals surface area (Å²) in [5.74, 6) is 0. The van der Waals surface area contributed by atoms with E-state index < -0.39 is 26.7 Å². The molecule has 0 atom stereocenters. The first-order valence-corrected chi connectivity index (χ1v) is 21.3. The fourth-order valence-electron chi connectivity index (χ4n) is 3.46. The molecule has 144 valence electrons. The van der Waals surface area contributed by atoms with E-state index in [0.717, 1.165) is 6.61 Å².